The van der Waals surface area contributed by atoms with Crippen LogP contribution in [0, 0.1) is 5.92 Å². The van der Waals surface area contributed by atoms with Gasteiger partial charge in [0, 0.05) is 6.54 Å². The Bertz CT molecular complexity index is 500. The Labute approximate surface area is 125 Å². The van der Waals surface area contributed by atoms with E-state index in [2.05, 4.69) is 22.4 Å². The van der Waals surface area contributed by atoms with Gasteiger partial charge >= 0.3 is 0 Å². The van der Waals surface area contributed by atoms with Crippen LogP contribution in [-0.4, -0.2) is 33.4 Å². The van der Waals surface area contributed by atoms with Gasteiger partial charge in [-0.3, -0.25) is 9.89 Å². The second-order valence-corrected chi connectivity index (χ2v) is 6.32. The number of nitrogens with two attached hydrogens (primary N) is 1. The summed E-state index contributed by atoms with van der Waals surface area (Å²) >= 11 is 0. The van der Waals surface area contributed by atoms with Gasteiger partial charge in [-0.1, -0.05) is 33.1 Å². The number of anilines is 1. The van der Waals surface area contributed by atoms with Crippen LogP contribution in [0.25, 0.3) is 0 Å². The highest BCUT2D eigenvalue weighted by molar-refractivity contribution is 5.97. The van der Waals surface area contributed by atoms with Crippen LogP contribution in [0.15, 0.2) is 0 Å². The Morgan fingerprint density at radius 1 is 1.62 bits per heavy atom. The molecule has 2 atom stereocenters. The number of hydrogen-bond donors (Lipinski definition) is 4. The van der Waals surface area contributed by atoms with Gasteiger partial charge in [0.05, 0.1) is 17.0 Å². The molecule has 2 rings (SSSR count). The quantitative estimate of drug-likeness (QED) is 0.662. The average Bonchev–Trinajstić information content (AvgIpc) is 2.78. The largest absolute Gasteiger partial charge is 0.395 e. The molecule has 1 heterocycles. The number of nitrogens with one attached hydrogen (secondary N) is 2. The fraction of sp³-hybridized carbons (Fsp3) is 0.733. The van der Waals surface area contributed by atoms with E-state index in [1.54, 1.807) is 0 Å². The first kappa shape index (κ1) is 15.8. The topological polar surface area (TPSA) is 104 Å². The third-order valence-electron chi connectivity index (χ3n) is 4.24. The lowest BCUT2D eigenvalue weighted by molar-refractivity contribution is -0.0109. The van der Waals surface area contributed by atoms with Gasteiger partial charge in [0.2, 0.25) is 0 Å². The van der Waals surface area contributed by atoms with E-state index in [1.807, 2.05) is 6.92 Å². The predicted octanol–water partition coefficient (Wildman–Crippen LogP) is 1.62. The number of aryl methyl sites for hydroxylation is 1. The maximum absolute atomic E-state index is 12.2. The molecule has 0 aliphatic heterocycles. The van der Waals surface area contributed by atoms with Crippen molar-refractivity contribution in [3.63, 3.8) is 0 Å². The van der Waals surface area contributed by atoms with Crippen molar-refractivity contribution in [3.05, 3.63) is 11.4 Å². The Morgan fingerprint density at radius 3 is 3.05 bits per heavy atom. The molecule has 5 N–H and O–H groups in total. The smallest absolute Gasteiger partial charge is 0.274 e. The molecule has 1 amide bonds. The van der Waals surface area contributed by atoms with Crippen molar-refractivity contribution in [3.8, 4) is 0 Å². The molecule has 0 bridgehead atoms. The van der Waals surface area contributed by atoms with E-state index in [1.165, 1.54) is 0 Å². The van der Waals surface area contributed by atoms with Gasteiger partial charge < -0.3 is 16.2 Å². The zero-order chi connectivity index (χ0) is 15.5. The zero-order valence-electron chi connectivity index (χ0n) is 12.9. The molecule has 2 unspecified atom stereocenters. The summed E-state index contributed by atoms with van der Waals surface area (Å²) in [4.78, 5) is 12.2. The summed E-state index contributed by atoms with van der Waals surface area (Å²) < 4.78 is 0. The Kier molecular flexibility index (Phi) is 4.88. The molecule has 21 heavy (non-hydrogen) atoms. The summed E-state index contributed by atoms with van der Waals surface area (Å²) in [6.07, 6.45) is 5.31. The molecular weight excluding hydrogens is 268 g/mol. The van der Waals surface area contributed by atoms with Crippen molar-refractivity contribution in [2.45, 2.75) is 58.0 Å². The van der Waals surface area contributed by atoms with Gasteiger partial charge in [-0.2, -0.15) is 5.10 Å². The lowest BCUT2D eigenvalue weighted by Gasteiger charge is -2.35. The van der Waals surface area contributed by atoms with E-state index in [-0.39, 0.29) is 18.1 Å². The monoisotopic (exact) mass is 294 g/mol. The molecule has 6 nitrogen and oxygen atoms in total. The fourth-order valence-electron chi connectivity index (χ4n) is 3.12. The second kappa shape index (κ2) is 6.47. The maximum Gasteiger partial charge on any atom is 0.274 e. The summed E-state index contributed by atoms with van der Waals surface area (Å²) in [6.45, 7) is 4.43. The third-order valence-corrected chi connectivity index (χ3v) is 4.24. The highest BCUT2D eigenvalue weighted by Gasteiger charge is 2.33. The number of rotatable bonds is 5. The lowest BCUT2D eigenvalue weighted by Crippen LogP contribution is -2.46. The molecular formula is C15H26N4O2. The van der Waals surface area contributed by atoms with E-state index in [9.17, 15) is 9.90 Å². The molecule has 1 aliphatic carbocycles. The van der Waals surface area contributed by atoms with Crippen molar-refractivity contribution in [2.75, 3.05) is 12.3 Å². The van der Waals surface area contributed by atoms with Crippen LogP contribution in [0.3, 0.4) is 0 Å². The van der Waals surface area contributed by atoms with Crippen molar-refractivity contribution in [1.82, 2.24) is 15.5 Å². The Morgan fingerprint density at radius 2 is 2.38 bits per heavy atom. The van der Waals surface area contributed by atoms with Crippen molar-refractivity contribution in [2.24, 2.45) is 5.92 Å². The SMILES string of the molecule is CCCc1[nH]nc(C(=O)NCC2(O)CCCC(C)C2)c1N. The molecule has 6 heteroatoms. The number of carbonyl (C=O) groups is 1. The fourth-order valence-corrected chi connectivity index (χ4v) is 3.12. The molecule has 1 aromatic rings. The van der Waals surface area contributed by atoms with Gasteiger partial charge in [0.25, 0.3) is 5.91 Å². The molecule has 0 radical (unpaired) electrons. The van der Waals surface area contributed by atoms with E-state index in [0.29, 0.717) is 11.6 Å². The number of aliphatic hydroxyl groups is 1. The highest BCUT2D eigenvalue weighted by atomic mass is 16.3. The minimum atomic E-state index is -0.801. The molecule has 118 valence electrons. The van der Waals surface area contributed by atoms with Gasteiger partial charge in [0.15, 0.2) is 5.69 Å². The molecule has 0 saturated heterocycles. The molecule has 1 aliphatic rings. The molecule has 0 spiro atoms. The van der Waals surface area contributed by atoms with Crippen LogP contribution < -0.4 is 11.1 Å². The van der Waals surface area contributed by atoms with Crippen LogP contribution in [0.1, 0.15) is 62.1 Å². The summed E-state index contributed by atoms with van der Waals surface area (Å²) in [6, 6.07) is 0. The van der Waals surface area contributed by atoms with Crippen LogP contribution >= 0.6 is 0 Å². The first-order chi connectivity index (χ1) is 9.95. The number of carbonyl (C=O) groups excluding carboxylic acids is 1. The average molecular weight is 294 g/mol. The van der Waals surface area contributed by atoms with E-state index < -0.39 is 5.60 Å². The predicted molar refractivity (Wildman–Crippen MR) is 81.9 cm³/mol. The van der Waals surface area contributed by atoms with Gasteiger partial charge in [-0.05, 0) is 25.2 Å². The number of amides is 1. The molecule has 1 fully saturated rings. The Balaban J connectivity index is 1.95. The number of aromatic amines is 1. The van der Waals surface area contributed by atoms with Crippen LogP contribution in [0.5, 0.6) is 0 Å². The van der Waals surface area contributed by atoms with Gasteiger partial charge in [-0.15, -0.1) is 0 Å². The molecule has 1 saturated carbocycles. The number of hydrogen-bond acceptors (Lipinski definition) is 4. The summed E-state index contributed by atoms with van der Waals surface area (Å²) in [7, 11) is 0. The van der Waals surface area contributed by atoms with Crippen molar-refractivity contribution >= 4 is 11.6 Å². The van der Waals surface area contributed by atoms with Crippen LogP contribution in [-0.2, 0) is 6.42 Å². The van der Waals surface area contributed by atoms with Crippen LogP contribution in [0.4, 0.5) is 5.69 Å². The number of H-pyrrole nitrogens is 1. The molecule has 0 aromatic carbocycles. The van der Waals surface area contributed by atoms with E-state index in [0.717, 1.165) is 44.2 Å². The zero-order valence-corrected chi connectivity index (χ0v) is 12.9. The van der Waals surface area contributed by atoms with Crippen LogP contribution in [0.2, 0.25) is 0 Å². The molecule has 1 aromatic heterocycles. The lowest BCUT2D eigenvalue weighted by atomic mass is 9.79. The van der Waals surface area contributed by atoms with Gasteiger partial charge in [0.1, 0.15) is 0 Å². The summed E-state index contributed by atoms with van der Waals surface area (Å²) in [5.41, 5.74) is 6.58. The standard InChI is InChI=1S/C15H26N4O2/c1-3-5-11-12(16)13(19-18-11)14(20)17-9-15(21)7-4-6-10(2)8-15/h10,21H,3-9,16H2,1-2H3,(H,17,20)(H,18,19). The van der Waals surface area contributed by atoms with Gasteiger partial charge in [-0.25, -0.2) is 0 Å². The van der Waals surface area contributed by atoms with E-state index >= 15 is 0 Å². The first-order valence-corrected chi connectivity index (χ1v) is 7.78. The second-order valence-electron chi connectivity index (χ2n) is 6.32. The van der Waals surface area contributed by atoms with Crippen molar-refractivity contribution in [1.29, 1.82) is 0 Å². The minimum Gasteiger partial charge on any atom is -0.395 e. The van der Waals surface area contributed by atoms with E-state index in [4.69, 9.17) is 5.73 Å². The number of aromatic nitrogens is 2. The minimum absolute atomic E-state index is 0.228. The third kappa shape index (κ3) is 3.75. The first-order valence-electron chi connectivity index (χ1n) is 7.78. The number of nitrogen functional groups attached to an aromatic ring is 1. The summed E-state index contributed by atoms with van der Waals surface area (Å²) in [5.74, 6) is 0.171. The maximum atomic E-state index is 12.2. The highest BCUT2D eigenvalue weighted by Crippen LogP contribution is 2.31. The normalized spacial score (nSPS) is 25.8. The Hall–Kier alpha value is -1.56. The summed E-state index contributed by atoms with van der Waals surface area (Å²) in [5, 5.41) is 20.1. The number of nitrogens with zero attached hydrogens (tertiary/aromatic N) is 1. The van der Waals surface area contributed by atoms with Crippen molar-refractivity contribution < 1.29 is 9.90 Å².